The molecule has 1 aromatic heterocycles. The second-order valence-corrected chi connectivity index (χ2v) is 7.26. The number of hydrogen-bond acceptors (Lipinski definition) is 2. The minimum Gasteiger partial charge on any atom is -0.393 e. The smallest absolute Gasteiger partial charge is 0.168 e. The van der Waals surface area contributed by atoms with Crippen LogP contribution in [0.3, 0.4) is 0 Å². The minimum atomic E-state index is -0.897. The SMILES string of the molecule is C=CCc1ccc2cc(-c3ccc(/C=C/CCCC(C)O)c(F)c3F)ncc2c1. The molecule has 0 spiro atoms. The Morgan fingerprint density at radius 1 is 1.10 bits per heavy atom. The number of halogens is 2. The van der Waals surface area contributed by atoms with Gasteiger partial charge in [0, 0.05) is 22.7 Å². The molecule has 29 heavy (non-hydrogen) atoms. The minimum absolute atomic E-state index is 0.144. The van der Waals surface area contributed by atoms with Gasteiger partial charge in [0.2, 0.25) is 0 Å². The third kappa shape index (κ3) is 5.15. The summed E-state index contributed by atoms with van der Waals surface area (Å²) in [5.74, 6) is -1.77. The van der Waals surface area contributed by atoms with Crippen molar-refractivity contribution >= 4 is 16.8 Å². The average Bonchev–Trinajstić information content (AvgIpc) is 2.70. The molecule has 3 aromatic rings. The predicted octanol–water partition coefficient (Wildman–Crippen LogP) is 6.47. The first-order chi connectivity index (χ1) is 14.0. The van der Waals surface area contributed by atoms with Crippen LogP contribution >= 0.6 is 0 Å². The number of hydrogen-bond donors (Lipinski definition) is 1. The van der Waals surface area contributed by atoms with Gasteiger partial charge in [-0.25, -0.2) is 8.78 Å². The summed E-state index contributed by atoms with van der Waals surface area (Å²) in [4.78, 5) is 4.34. The molecule has 1 unspecified atom stereocenters. The maximum Gasteiger partial charge on any atom is 0.168 e. The molecule has 1 atom stereocenters. The van der Waals surface area contributed by atoms with Crippen molar-refractivity contribution in [1.82, 2.24) is 4.98 Å². The summed E-state index contributed by atoms with van der Waals surface area (Å²) in [6.07, 6.45) is 9.51. The lowest BCUT2D eigenvalue weighted by atomic mass is 10.0. The molecule has 4 heteroatoms. The van der Waals surface area contributed by atoms with Crippen LogP contribution in [0.25, 0.3) is 28.1 Å². The van der Waals surface area contributed by atoms with E-state index in [1.54, 1.807) is 43.5 Å². The van der Waals surface area contributed by atoms with Crippen LogP contribution in [0.2, 0.25) is 0 Å². The van der Waals surface area contributed by atoms with Gasteiger partial charge in [0.1, 0.15) is 0 Å². The molecular weight excluding hydrogens is 368 g/mol. The number of nitrogens with zero attached hydrogens (tertiary/aromatic N) is 1. The molecule has 1 N–H and O–H groups in total. The van der Waals surface area contributed by atoms with E-state index in [0.29, 0.717) is 18.5 Å². The van der Waals surface area contributed by atoms with Gasteiger partial charge in [-0.3, -0.25) is 4.98 Å². The summed E-state index contributed by atoms with van der Waals surface area (Å²) in [6.45, 7) is 5.48. The zero-order valence-corrected chi connectivity index (χ0v) is 16.5. The Morgan fingerprint density at radius 2 is 1.93 bits per heavy atom. The maximum absolute atomic E-state index is 14.7. The molecule has 0 amide bonds. The van der Waals surface area contributed by atoms with Crippen LogP contribution < -0.4 is 0 Å². The van der Waals surface area contributed by atoms with Gasteiger partial charge < -0.3 is 5.11 Å². The van der Waals surface area contributed by atoms with E-state index in [0.717, 1.165) is 29.2 Å². The number of pyridine rings is 1. The standard InChI is InChI=1S/C25H25F2NO/c1-3-7-18-10-11-20-15-23(28-16-21(20)14-18)22-13-12-19(24(26)25(22)27)9-6-4-5-8-17(2)29/h3,6,9-17,29H,1,4-5,7-8H2,2H3/b9-6+. The van der Waals surface area contributed by atoms with Crippen molar-refractivity contribution in [3.8, 4) is 11.3 Å². The number of aliphatic hydroxyl groups excluding tert-OH is 1. The van der Waals surface area contributed by atoms with Crippen molar-refractivity contribution in [3.05, 3.63) is 84.1 Å². The van der Waals surface area contributed by atoms with Crippen LogP contribution in [-0.2, 0) is 6.42 Å². The number of allylic oxidation sites excluding steroid dienone is 2. The quantitative estimate of drug-likeness (QED) is 0.351. The Hall–Kier alpha value is -2.85. The van der Waals surface area contributed by atoms with Gasteiger partial charge in [-0.1, -0.05) is 36.4 Å². The van der Waals surface area contributed by atoms with Crippen LogP contribution in [0.5, 0.6) is 0 Å². The molecule has 0 aliphatic heterocycles. The Kier molecular flexibility index (Phi) is 6.89. The first-order valence-electron chi connectivity index (χ1n) is 9.82. The van der Waals surface area contributed by atoms with Gasteiger partial charge in [0.15, 0.2) is 11.6 Å². The number of fused-ring (bicyclic) bond motifs is 1. The normalized spacial score (nSPS) is 12.6. The van der Waals surface area contributed by atoms with E-state index < -0.39 is 11.6 Å². The van der Waals surface area contributed by atoms with Crippen LogP contribution in [-0.4, -0.2) is 16.2 Å². The molecule has 0 saturated carbocycles. The summed E-state index contributed by atoms with van der Waals surface area (Å²) in [7, 11) is 0. The van der Waals surface area contributed by atoms with Crippen molar-refractivity contribution in [1.29, 1.82) is 0 Å². The van der Waals surface area contributed by atoms with Gasteiger partial charge in [-0.2, -0.15) is 0 Å². The Morgan fingerprint density at radius 3 is 2.69 bits per heavy atom. The number of rotatable bonds is 8. The highest BCUT2D eigenvalue weighted by atomic mass is 19.2. The molecule has 2 aromatic carbocycles. The van der Waals surface area contributed by atoms with Crippen molar-refractivity contribution in [2.24, 2.45) is 0 Å². The van der Waals surface area contributed by atoms with Gasteiger partial charge >= 0.3 is 0 Å². The molecule has 0 bridgehead atoms. The highest BCUT2D eigenvalue weighted by Gasteiger charge is 2.15. The van der Waals surface area contributed by atoms with Crippen molar-refractivity contribution in [2.45, 2.75) is 38.7 Å². The van der Waals surface area contributed by atoms with Gasteiger partial charge in [0.05, 0.1) is 11.8 Å². The van der Waals surface area contributed by atoms with E-state index in [9.17, 15) is 13.9 Å². The first-order valence-corrected chi connectivity index (χ1v) is 9.82. The molecule has 0 radical (unpaired) electrons. The van der Waals surface area contributed by atoms with E-state index in [1.165, 1.54) is 0 Å². The van der Waals surface area contributed by atoms with E-state index in [4.69, 9.17) is 0 Å². The average molecular weight is 393 g/mol. The fraction of sp³-hybridized carbons (Fsp3) is 0.240. The number of aliphatic hydroxyl groups is 1. The van der Waals surface area contributed by atoms with Gasteiger partial charge in [0.25, 0.3) is 0 Å². The molecular formula is C25H25F2NO. The topological polar surface area (TPSA) is 33.1 Å². The number of unbranched alkanes of at least 4 members (excludes halogenated alkanes) is 1. The highest BCUT2D eigenvalue weighted by molar-refractivity contribution is 5.86. The molecule has 0 saturated heterocycles. The van der Waals surface area contributed by atoms with Gasteiger partial charge in [-0.15, -0.1) is 6.58 Å². The van der Waals surface area contributed by atoms with E-state index in [-0.39, 0.29) is 17.2 Å². The third-order valence-electron chi connectivity index (χ3n) is 4.84. The zero-order chi connectivity index (χ0) is 20.8. The van der Waals surface area contributed by atoms with Gasteiger partial charge in [-0.05, 0) is 61.8 Å². The molecule has 0 fully saturated rings. The lowest BCUT2D eigenvalue weighted by molar-refractivity contribution is 0.182. The first kappa shape index (κ1) is 20.9. The summed E-state index contributed by atoms with van der Waals surface area (Å²) in [5, 5.41) is 11.1. The van der Waals surface area contributed by atoms with E-state index in [2.05, 4.69) is 11.6 Å². The third-order valence-corrected chi connectivity index (χ3v) is 4.84. The molecule has 0 aliphatic carbocycles. The molecule has 150 valence electrons. The Balaban J connectivity index is 1.83. The number of benzene rings is 2. The predicted molar refractivity (Wildman–Crippen MR) is 116 cm³/mol. The zero-order valence-electron chi connectivity index (χ0n) is 16.5. The van der Waals surface area contributed by atoms with Crippen LogP contribution in [0.15, 0.2) is 61.3 Å². The molecule has 1 heterocycles. The summed E-state index contributed by atoms with van der Waals surface area (Å²) in [6, 6.07) is 10.9. The monoisotopic (exact) mass is 393 g/mol. The molecule has 3 rings (SSSR count). The second-order valence-electron chi connectivity index (χ2n) is 7.26. The molecule has 0 aliphatic rings. The fourth-order valence-corrected chi connectivity index (χ4v) is 3.26. The Labute approximate surface area is 170 Å². The summed E-state index contributed by atoms with van der Waals surface area (Å²) in [5.41, 5.74) is 1.88. The van der Waals surface area contributed by atoms with Crippen molar-refractivity contribution in [2.75, 3.05) is 0 Å². The van der Waals surface area contributed by atoms with Crippen molar-refractivity contribution in [3.63, 3.8) is 0 Å². The van der Waals surface area contributed by atoms with E-state index >= 15 is 0 Å². The maximum atomic E-state index is 14.7. The highest BCUT2D eigenvalue weighted by Crippen LogP contribution is 2.28. The van der Waals surface area contributed by atoms with Crippen LogP contribution in [0.4, 0.5) is 8.78 Å². The summed E-state index contributed by atoms with van der Waals surface area (Å²) < 4.78 is 29.2. The van der Waals surface area contributed by atoms with Crippen LogP contribution in [0, 0.1) is 11.6 Å². The number of aromatic nitrogens is 1. The lowest BCUT2D eigenvalue weighted by Gasteiger charge is -2.08. The Bertz CT molecular complexity index is 1040. The van der Waals surface area contributed by atoms with Crippen molar-refractivity contribution < 1.29 is 13.9 Å². The van der Waals surface area contributed by atoms with Crippen LogP contribution in [0.1, 0.15) is 37.3 Å². The largest absolute Gasteiger partial charge is 0.393 e. The summed E-state index contributed by atoms with van der Waals surface area (Å²) >= 11 is 0. The van der Waals surface area contributed by atoms with E-state index in [1.807, 2.05) is 24.3 Å². The fourth-order valence-electron chi connectivity index (χ4n) is 3.26. The lowest BCUT2D eigenvalue weighted by Crippen LogP contribution is -1.97. The molecule has 2 nitrogen and oxygen atoms in total. The second kappa shape index (κ2) is 9.57.